The minimum absolute atomic E-state index is 0.0958. The number of carbonyl (C=O) groups excluding carboxylic acids is 1. The largest absolute Gasteiger partial charge is 0.508 e. The highest BCUT2D eigenvalue weighted by Gasteiger charge is 2.38. The van der Waals surface area contributed by atoms with Crippen LogP contribution in [0.2, 0.25) is 0 Å². The number of phenolic OH excluding ortho intramolecular Hbond substituents is 1. The smallest absolute Gasteiger partial charge is 0.394 e. The molecule has 0 aliphatic rings. The number of phenols is 1. The Balaban J connectivity index is 1.95. The minimum Gasteiger partial charge on any atom is -0.508 e. The van der Waals surface area contributed by atoms with Crippen LogP contribution in [-0.4, -0.2) is 21.0 Å². The van der Waals surface area contributed by atoms with Gasteiger partial charge in [0.25, 0.3) is 9.77 Å². The van der Waals surface area contributed by atoms with E-state index in [1.807, 2.05) is 30.3 Å². The van der Waals surface area contributed by atoms with E-state index in [0.29, 0.717) is 18.1 Å². The third-order valence-corrected chi connectivity index (χ3v) is 6.22. The van der Waals surface area contributed by atoms with Crippen LogP contribution in [0.5, 0.6) is 17.2 Å². The molecule has 0 radical (unpaired) electrons. The first-order valence-electron chi connectivity index (χ1n) is 12.3. The summed E-state index contributed by atoms with van der Waals surface area (Å²) >= 11 is 1.52. The third kappa shape index (κ3) is 7.68. The van der Waals surface area contributed by atoms with Gasteiger partial charge in [-0.1, -0.05) is 60.7 Å². The van der Waals surface area contributed by atoms with E-state index in [9.17, 15) is 23.1 Å². The maximum Gasteiger partial charge on any atom is 0.394 e. The first-order valence-corrected chi connectivity index (χ1v) is 13.4. The SMILES string of the molecule is CC(F)(F)Oc1cccc(C(Cc2ccccc2)(NC(=O)c2cccc(O)c2)c2cccc(O[C@@](C)(F)I)c2)c1. The molecule has 40 heavy (non-hydrogen) atoms. The number of aromatic hydroxyl groups is 1. The number of rotatable bonds is 10. The highest BCUT2D eigenvalue weighted by molar-refractivity contribution is 14.1. The topological polar surface area (TPSA) is 67.8 Å². The highest BCUT2D eigenvalue weighted by Crippen LogP contribution is 2.38. The lowest BCUT2D eigenvalue weighted by molar-refractivity contribution is -0.159. The van der Waals surface area contributed by atoms with Crippen molar-refractivity contribution in [2.24, 2.45) is 0 Å². The van der Waals surface area contributed by atoms with Gasteiger partial charge >= 0.3 is 6.11 Å². The zero-order valence-corrected chi connectivity index (χ0v) is 23.9. The molecule has 0 spiro atoms. The van der Waals surface area contributed by atoms with Gasteiger partial charge in [0.2, 0.25) is 0 Å². The van der Waals surface area contributed by atoms with Crippen molar-refractivity contribution in [3.8, 4) is 17.2 Å². The molecule has 0 aromatic heterocycles. The Morgan fingerprint density at radius 2 is 1.38 bits per heavy atom. The molecule has 0 fully saturated rings. The fourth-order valence-corrected chi connectivity index (χ4v) is 4.69. The summed E-state index contributed by atoms with van der Waals surface area (Å²) in [5, 5.41) is 13.1. The van der Waals surface area contributed by atoms with Gasteiger partial charge in [0.05, 0.1) is 5.54 Å². The van der Waals surface area contributed by atoms with Gasteiger partial charge in [0, 0.05) is 48.4 Å². The molecule has 9 heteroatoms. The van der Waals surface area contributed by atoms with Crippen molar-refractivity contribution in [2.75, 3.05) is 0 Å². The lowest BCUT2D eigenvalue weighted by atomic mass is 9.77. The Bertz CT molecular complexity index is 1410. The van der Waals surface area contributed by atoms with Gasteiger partial charge in [0.1, 0.15) is 17.2 Å². The number of halogens is 4. The van der Waals surface area contributed by atoms with Crippen molar-refractivity contribution in [3.63, 3.8) is 0 Å². The van der Waals surface area contributed by atoms with E-state index in [0.717, 1.165) is 5.56 Å². The number of alkyl halides is 4. The normalized spacial score (nSPS) is 14.4. The van der Waals surface area contributed by atoms with Crippen molar-refractivity contribution in [3.05, 3.63) is 125 Å². The molecule has 0 heterocycles. The van der Waals surface area contributed by atoms with Gasteiger partial charge in [-0.3, -0.25) is 4.79 Å². The summed E-state index contributed by atoms with van der Waals surface area (Å²) in [5.41, 5.74) is 0.566. The van der Waals surface area contributed by atoms with Crippen LogP contribution in [0, 0.1) is 0 Å². The molecular weight excluding hydrogens is 634 g/mol. The fourth-order valence-electron chi connectivity index (χ4n) is 4.44. The van der Waals surface area contributed by atoms with Crippen LogP contribution in [-0.2, 0) is 12.0 Å². The quantitative estimate of drug-likeness (QED) is 0.135. The Kier molecular flexibility index (Phi) is 8.62. The minimum atomic E-state index is -3.44. The lowest BCUT2D eigenvalue weighted by Crippen LogP contribution is -2.48. The molecule has 4 aromatic carbocycles. The molecule has 0 aliphatic carbocycles. The van der Waals surface area contributed by atoms with E-state index in [2.05, 4.69) is 5.32 Å². The van der Waals surface area contributed by atoms with Gasteiger partial charge in [-0.05, 0) is 59.2 Å². The number of hydrogen-bond donors (Lipinski definition) is 2. The molecule has 0 bridgehead atoms. The van der Waals surface area contributed by atoms with Gasteiger partial charge in [-0.2, -0.15) is 13.2 Å². The standard InChI is InChI=1S/C31H27F3INO4/c1-29(32,33)39-26-15-7-12-23(18-26)31(20-21-9-4-3-5-10-21,36-28(38)22-11-6-14-25(37)17-22)24-13-8-16-27(19-24)40-30(2,34)35/h3-19,37H,20H2,1-2H3,(H,36,38)/t30-,31?/m0/s1. The third-order valence-electron chi connectivity index (χ3n) is 6.00. The predicted molar refractivity (Wildman–Crippen MR) is 155 cm³/mol. The summed E-state index contributed by atoms with van der Waals surface area (Å²) in [6, 6.07) is 27.8. The molecule has 4 rings (SSSR count). The van der Waals surface area contributed by atoms with E-state index in [1.54, 1.807) is 42.5 Å². The molecule has 0 aliphatic heterocycles. The predicted octanol–water partition coefficient (Wildman–Crippen LogP) is 7.76. The van der Waals surface area contributed by atoms with Crippen molar-refractivity contribution < 1.29 is 32.5 Å². The Hall–Kier alpha value is -3.73. The van der Waals surface area contributed by atoms with Crippen LogP contribution in [0.3, 0.4) is 0 Å². The molecule has 208 valence electrons. The number of nitrogens with one attached hydrogen (secondary N) is 1. The van der Waals surface area contributed by atoms with Crippen LogP contribution in [0.15, 0.2) is 103 Å². The summed E-state index contributed by atoms with van der Waals surface area (Å²) in [4.78, 5) is 13.7. The Labute approximate surface area is 244 Å². The summed E-state index contributed by atoms with van der Waals surface area (Å²) in [5.74, 6) is -0.533. The van der Waals surface area contributed by atoms with Crippen LogP contribution in [0.4, 0.5) is 13.2 Å². The molecule has 0 saturated heterocycles. The van der Waals surface area contributed by atoms with Crippen molar-refractivity contribution in [1.29, 1.82) is 0 Å². The number of hydrogen-bond acceptors (Lipinski definition) is 4. The number of ether oxygens (including phenoxy) is 2. The van der Waals surface area contributed by atoms with Crippen LogP contribution in [0.1, 0.15) is 40.9 Å². The second-order valence-corrected chi connectivity index (χ2v) is 11.4. The summed E-state index contributed by atoms with van der Waals surface area (Å²) < 4.78 is 50.4. The molecular formula is C31H27F3INO4. The zero-order valence-electron chi connectivity index (χ0n) is 21.7. The second-order valence-electron chi connectivity index (χ2n) is 9.45. The van der Waals surface area contributed by atoms with Crippen LogP contribution >= 0.6 is 22.6 Å². The molecule has 2 atom stereocenters. The average Bonchev–Trinajstić information content (AvgIpc) is 2.87. The first-order chi connectivity index (χ1) is 18.8. The maximum absolute atomic E-state index is 14.4. The van der Waals surface area contributed by atoms with Gasteiger partial charge < -0.3 is 19.9 Å². The van der Waals surface area contributed by atoms with Crippen molar-refractivity contribution in [1.82, 2.24) is 5.32 Å². The molecule has 2 N–H and O–H groups in total. The zero-order chi connectivity index (χ0) is 29.0. The van der Waals surface area contributed by atoms with E-state index in [-0.39, 0.29) is 29.2 Å². The number of benzene rings is 4. The molecule has 1 amide bonds. The van der Waals surface area contributed by atoms with Crippen LogP contribution in [0.25, 0.3) is 0 Å². The summed E-state index contributed by atoms with van der Waals surface area (Å²) in [6.45, 7) is 1.90. The number of carbonyl (C=O) groups is 1. The first kappa shape index (κ1) is 29.3. The maximum atomic E-state index is 14.4. The van der Waals surface area contributed by atoms with Crippen molar-refractivity contribution >= 4 is 28.5 Å². The lowest BCUT2D eigenvalue weighted by Gasteiger charge is -2.37. The van der Waals surface area contributed by atoms with E-state index in [4.69, 9.17) is 9.47 Å². The fraction of sp³-hybridized carbons (Fsp3) is 0.194. The second kappa shape index (κ2) is 11.8. The Morgan fingerprint density at radius 3 is 1.93 bits per heavy atom. The number of amides is 1. The molecule has 1 unspecified atom stereocenters. The van der Waals surface area contributed by atoms with Gasteiger partial charge in [0.15, 0.2) is 0 Å². The molecule has 0 saturated carbocycles. The monoisotopic (exact) mass is 661 g/mol. The van der Waals surface area contributed by atoms with Gasteiger partial charge in [-0.15, -0.1) is 0 Å². The van der Waals surface area contributed by atoms with E-state index >= 15 is 0 Å². The van der Waals surface area contributed by atoms with Crippen LogP contribution < -0.4 is 14.8 Å². The molecule has 5 nitrogen and oxygen atoms in total. The summed E-state index contributed by atoms with van der Waals surface area (Å²) in [7, 11) is 0. The van der Waals surface area contributed by atoms with E-state index < -0.39 is 21.4 Å². The van der Waals surface area contributed by atoms with Crippen molar-refractivity contribution in [2.45, 2.75) is 35.8 Å². The van der Waals surface area contributed by atoms with Gasteiger partial charge in [-0.25, -0.2) is 0 Å². The highest BCUT2D eigenvalue weighted by atomic mass is 127. The van der Waals surface area contributed by atoms with E-state index in [1.165, 1.54) is 59.8 Å². The molecule has 4 aromatic rings. The average molecular weight is 661 g/mol. The summed E-state index contributed by atoms with van der Waals surface area (Å²) in [6.07, 6.45) is -3.25. The Morgan fingerprint density at radius 1 is 0.800 bits per heavy atom.